The van der Waals surface area contributed by atoms with E-state index in [4.69, 9.17) is 0 Å². The van der Waals surface area contributed by atoms with Crippen LogP contribution < -0.4 is 0 Å². The first-order valence-corrected chi connectivity index (χ1v) is 9.28. The summed E-state index contributed by atoms with van der Waals surface area (Å²) in [5.41, 5.74) is 2.55. The molecular formula is C22H30O2. The molecular weight excluding hydrogens is 296 g/mol. The molecule has 4 atom stereocenters. The third kappa shape index (κ3) is 2.22. The summed E-state index contributed by atoms with van der Waals surface area (Å²) in [6.07, 6.45) is 12.2. The average molecular weight is 326 g/mol. The maximum atomic E-state index is 12.4. The van der Waals surface area contributed by atoms with Gasteiger partial charge in [0.1, 0.15) is 0 Å². The van der Waals surface area contributed by atoms with Gasteiger partial charge < -0.3 is 0 Å². The topological polar surface area (TPSA) is 34.1 Å². The minimum atomic E-state index is -0.0516. The van der Waals surface area contributed by atoms with E-state index in [1.165, 1.54) is 30.6 Å². The zero-order chi connectivity index (χ0) is 17.8. The molecule has 1 fully saturated rings. The van der Waals surface area contributed by atoms with Gasteiger partial charge in [-0.25, -0.2) is 0 Å². The summed E-state index contributed by atoms with van der Waals surface area (Å²) >= 11 is 0. The Bertz CT molecular complexity index is 680. The minimum absolute atomic E-state index is 0.0157. The molecule has 0 N–H and O–H groups in total. The highest BCUT2D eigenvalue weighted by atomic mass is 16.1. The van der Waals surface area contributed by atoms with E-state index in [0.717, 1.165) is 12.8 Å². The molecule has 0 radical (unpaired) electrons. The van der Waals surface area contributed by atoms with Gasteiger partial charge in [0, 0.05) is 5.57 Å². The van der Waals surface area contributed by atoms with E-state index in [9.17, 15) is 9.59 Å². The molecule has 0 amide bonds. The van der Waals surface area contributed by atoms with Gasteiger partial charge in [-0.15, -0.1) is 0 Å². The van der Waals surface area contributed by atoms with Crippen molar-refractivity contribution in [3.8, 4) is 0 Å². The molecule has 0 aromatic carbocycles. The summed E-state index contributed by atoms with van der Waals surface area (Å²) in [5, 5.41) is 0. The zero-order valence-electron chi connectivity index (χ0n) is 15.7. The highest BCUT2D eigenvalue weighted by Crippen LogP contribution is 2.69. The summed E-state index contributed by atoms with van der Waals surface area (Å²) in [5.74, 6) is 0.502. The number of ketones is 2. The van der Waals surface area contributed by atoms with Gasteiger partial charge in [-0.2, -0.15) is 0 Å². The van der Waals surface area contributed by atoms with Crippen LogP contribution in [0.15, 0.2) is 35.5 Å². The third-order valence-corrected chi connectivity index (χ3v) is 8.20. The smallest absolute Gasteiger partial charge is 0.182 e. The summed E-state index contributed by atoms with van der Waals surface area (Å²) in [7, 11) is 0. The second-order valence-corrected chi connectivity index (χ2v) is 8.89. The fourth-order valence-electron chi connectivity index (χ4n) is 5.73. The Kier molecular flexibility index (Phi) is 4.01. The van der Waals surface area contributed by atoms with Crippen LogP contribution in [0.3, 0.4) is 0 Å². The summed E-state index contributed by atoms with van der Waals surface area (Å²) < 4.78 is 0. The monoisotopic (exact) mass is 326 g/mol. The van der Waals surface area contributed by atoms with E-state index in [0.29, 0.717) is 17.9 Å². The van der Waals surface area contributed by atoms with E-state index in [1.54, 1.807) is 6.08 Å². The summed E-state index contributed by atoms with van der Waals surface area (Å²) in [4.78, 5) is 24.2. The second-order valence-electron chi connectivity index (χ2n) is 8.89. The van der Waals surface area contributed by atoms with Gasteiger partial charge in [0.15, 0.2) is 11.6 Å². The second kappa shape index (κ2) is 5.54. The molecule has 4 unspecified atom stereocenters. The lowest BCUT2D eigenvalue weighted by Gasteiger charge is -2.65. The van der Waals surface area contributed by atoms with Crippen LogP contribution in [-0.4, -0.2) is 11.6 Å². The van der Waals surface area contributed by atoms with Crippen molar-refractivity contribution in [3.63, 3.8) is 0 Å². The lowest BCUT2D eigenvalue weighted by atomic mass is 9.39. The van der Waals surface area contributed by atoms with Crippen molar-refractivity contribution < 1.29 is 9.59 Å². The van der Waals surface area contributed by atoms with Crippen molar-refractivity contribution in [2.24, 2.45) is 22.2 Å². The molecule has 0 aromatic heterocycles. The molecule has 130 valence electrons. The average Bonchev–Trinajstić information content (AvgIpc) is 2.52. The largest absolute Gasteiger partial charge is 0.290 e. The maximum Gasteiger partial charge on any atom is 0.182 e. The standard InChI is InChI=1S/C22H30O2/c1-15-7-6-11-22(5)20(15,3)12-10-16(2)21(22,4)14-17-13-18(23)8-9-19(17)24/h7-9,13,16H,6,10-12,14H2,1-5H3. The van der Waals surface area contributed by atoms with E-state index in [1.807, 2.05) is 0 Å². The zero-order valence-corrected chi connectivity index (χ0v) is 15.7. The van der Waals surface area contributed by atoms with Crippen LogP contribution in [0.2, 0.25) is 0 Å². The van der Waals surface area contributed by atoms with E-state index in [-0.39, 0.29) is 27.8 Å². The van der Waals surface area contributed by atoms with Gasteiger partial charge in [0.2, 0.25) is 0 Å². The van der Waals surface area contributed by atoms with Crippen molar-refractivity contribution in [3.05, 3.63) is 35.5 Å². The first kappa shape index (κ1) is 17.4. The van der Waals surface area contributed by atoms with Gasteiger partial charge in [-0.3, -0.25) is 9.59 Å². The SMILES string of the molecule is CC1=CCCC2(C)C1(C)CCC(C)C2(C)CC1=CC(=O)C=CC1=O. The lowest BCUT2D eigenvalue weighted by Crippen LogP contribution is -2.57. The predicted octanol–water partition coefficient (Wildman–Crippen LogP) is 5.20. The molecule has 1 saturated carbocycles. The first-order chi connectivity index (χ1) is 11.1. The van der Waals surface area contributed by atoms with Crippen LogP contribution in [0.4, 0.5) is 0 Å². The Balaban J connectivity index is 2.05. The number of carbonyl (C=O) groups excluding carboxylic acids is 2. The molecule has 0 aromatic rings. The molecule has 0 heterocycles. The normalized spacial score (nSPS) is 42.5. The molecule has 0 spiro atoms. The van der Waals surface area contributed by atoms with Crippen molar-refractivity contribution in [1.29, 1.82) is 0 Å². The maximum absolute atomic E-state index is 12.4. The Morgan fingerprint density at radius 3 is 2.54 bits per heavy atom. The van der Waals surface area contributed by atoms with Gasteiger partial charge in [-0.05, 0) is 79.4 Å². The van der Waals surface area contributed by atoms with Gasteiger partial charge in [-0.1, -0.05) is 39.3 Å². The highest BCUT2D eigenvalue weighted by Gasteiger charge is 2.61. The van der Waals surface area contributed by atoms with Crippen molar-refractivity contribution >= 4 is 11.6 Å². The molecule has 0 saturated heterocycles. The number of carbonyl (C=O) groups is 2. The Labute approximate surface area is 146 Å². The van der Waals surface area contributed by atoms with E-state index >= 15 is 0 Å². The quantitative estimate of drug-likeness (QED) is 0.516. The van der Waals surface area contributed by atoms with Gasteiger partial charge in [0.25, 0.3) is 0 Å². The highest BCUT2D eigenvalue weighted by molar-refractivity contribution is 6.17. The number of allylic oxidation sites excluding steroid dienone is 6. The van der Waals surface area contributed by atoms with Gasteiger partial charge in [0.05, 0.1) is 0 Å². The summed E-state index contributed by atoms with van der Waals surface area (Å²) in [6.45, 7) is 11.8. The Morgan fingerprint density at radius 2 is 1.83 bits per heavy atom. The van der Waals surface area contributed by atoms with Crippen LogP contribution in [-0.2, 0) is 9.59 Å². The molecule has 0 bridgehead atoms. The number of rotatable bonds is 2. The predicted molar refractivity (Wildman–Crippen MR) is 97.6 cm³/mol. The molecule has 24 heavy (non-hydrogen) atoms. The Hall–Kier alpha value is -1.44. The molecule has 3 aliphatic rings. The Morgan fingerprint density at radius 1 is 1.12 bits per heavy atom. The van der Waals surface area contributed by atoms with Gasteiger partial charge >= 0.3 is 0 Å². The molecule has 0 aliphatic heterocycles. The third-order valence-electron chi connectivity index (χ3n) is 8.20. The van der Waals surface area contributed by atoms with Crippen molar-refractivity contribution in [2.45, 2.75) is 66.7 Å². The fourth-order valence-corrected chi connectivity index (χ4v) is 5.73. The fraction of sp³-hybridized carbons (Fsp3) is 0.636. The molecule has 2 heteroatoms. The van der Waals surface area contributed by atoms with Crippen LogP contribution in [0, 0.1) is 22.2 Å². The van der Waals surface area contributed by atoms with Crippen LogP contribution >= 0.6 is 0 Å². The molecule has 3 aliphatic carbocycles. The summed E-state index contributed by atoms with van der Waals surface area (Å²) in [6, 6.07) is 0. The van der Waals surface area contributed by atoms with Crippen LogP contribution in [0.25, 0.3) is 0 Å². The lowest BCUT2D eigenvalue weighted by molar-refractivity contribution is -0.128. The van der Waals surface area contributed by atoms with Crippen LogP contribution in [0.5, 0.6) is 0 Å². The van der Waals surface area contributed by atoms with E-state index in [2.05, 4.69) is 40.7 Å². The minimum Gasteiger partial charge on any atom is -0.290 e. The number of hydrogen-bond acceptors (Lipinski definition) is 2. The van der Waals surface area contributed by atoms with Crippen molar-refractivity contribution in [1.82, 2.24) is 0 Å². The van der Waals surface area contributed by atoms with Crippen molar-refractivity contribution in [2.75, 3.05) is 0 Å². The first-order valence-electron chi connectivity index (χ1n) is 9.28. The molecule has 3 rings (SSSR count). The van der Waals surface area contributed by atoms with Crippen LogP contribution in [0.1, 0.15) is 66.7 Å². The van der Waals surface area contributed by atoms with E-state index < -0.39 is 0 Å². The molecule has 2 nitrogen and oxygen atoms in total. The number of fused-ring (bicyclic) bond motifs is 1. The number of hydrogen-bond donors (Lipinski definition) is 0.